The maximum absolute atomic E-state index is 13.7. The number of hydrogen-bond acceptors (Lipinski definition) is 5. The van der Waals surface area contributed by atoms with Crippen LogP contribution in [0.5, 0.6) is 5.75 Å². The van der Waals surface area contributed by atoms with Gasteiger partial charge in [-0.3, -0.25) is 13.9 Å². The molecule has 0 aliphatic carbocycles. The van der Waals surface area contributed by atoms with Gasteiger partial charge in [0.2, 0.25) is 0 Å². The molecule has 0 unspecified atom stereocenters. The van der Waals surface area contributed by atoms with Crippen molar-refractivity contribution in [2.24, 2.45) is 0 Å². The van der Waals surface area contributed by atoms with Crippen LogP contribution in [0, 0.1) is 0 Å². The van der Waals surface area contributed by atoms with Crippen molar-refractivity contribution in [3.05, 3.63) is 94.5 Å². The van der Waals surface area contributed by atoms with E-state index < -0.39 is 0 Å². The highest BCUT2D eigenvalue weighted by Crippen LogP contribution is 2.32. The smallest absolute Gasteiger partial charge is 0.269 e. The molecule has 0 amide bonds. The molecule has 0 N–H and O–H groups in total. The number of nitrogens with zero attached hydrogens (tertiary/aromatic N) is 5. The van der Waals surface area contributed by atoms with Crippen LogP contribution in [0.15, 0.2) is 83.9 Å². The van der Waals surface area contributed by atoms with Gasteiger partial charge in [0.1, 0.15) is 23.0 Å². The second-order valence-electron chi connectivity index (χ2n) is 7.49. The summed E-state index contributed by atoms with van der Waals surface area (Å²) >= 11 is 6.42. The van der Waals surface area contributed by atoms with Crippen molar-refractivity contribution in [1.82, 2.24) is 24.1 Å². The Morgan fingerprint density at radius 3 is 2.30 bits per heavy atom. The van der Waals surface area contributed by atoms with Crippen LogP contribution >= 0.6 is 11.6 Å². The summed E-state index contributed by atoms with van der Waals surface area (Å²) in [6, 6.07) is 22.3. The van der Waals surface area contributed by atoms with Gasteiger partial charge in [-0.25, -0.2) is 15.0 Å². The van der Waals surface area contributed by atoms with Gasteiger partial charge in [0.15, 0.2) is 11.3 Å². The molecule has 0 saturated carbocycles. The predicted octanol–water partition coefficient (Wildman–Crippen LogP) is 4.93. The van der Waals surface area contributed by atoms with E-state index in [0.29, 0.717) is 44.2 Å². The molecule has 3 aromatic heterocycles. The maximum Gasteiger partial charge on any atom is 0.269 e. The molecular weight excluding hydrogens is 438 g/mol. The van der Waals surface area contributed by atoms with E-state index in [2.05, 4.69) is 4.98 Å². The quantitative estimate of drug-likeness (QED) is 0.379. The van der Waals surface area contributed by atoms with Gasteiger partial charge < -0.3 is 4.74 Å². The third-order valence-corrected chi connectivity index (χ3v) is 5.89. The Hall–Kier alpha value is -4.23. The van der Waals surface area contributed by atoms with Crippen molar-refractivity contribution in [2.45, 2.75) is 0 Å². The Morgan fingerprint density at radius 1 is 0.848 bits per heavy atom. The summed E-state index contributed by atoms with van der Waals surface area (Å²) < 4.78 is 8.63. The first-order valence-electron chi connectivity index (χ1n) is 10.2. The molecule has 3 heterocycles. The van der Waals surface area contributed by atoms with Crippen LogP contribution in [0.4, 0.5) is 0 Å². The van der Waals surface area contributed by atoms with Crippen LogP contribution < -0.4 is 10.3 Å². The minimum atomic E-state index is -0.223. The summed E-state index contributed by atoms with van der Waals surface area (Å²) in [5, 5.41) is 0.831. The van der Waals surface area contributed by atoms with E-state index in [4.69, 9.17) is 26.3 Å². The minimum Gasteiger partial charge on any atom is -0.495 e. The molecule has 8 heteroatoms. The van der Waals surface area contributed by atoms with Gasteiger partial charge >= 0.3 is 0 Å². The van der Waals surface area contributed by atoms with Crippen LogP contribution in [0.25, 0.3) is 44.6 Å². The molecule has 0 aliphatic heterocycles. The number of para-hydroxylation sites is 3. The van der Waals surface area contributed by atoms with Crippen LogP contribution in [0.3, 0.4) is 0 Å². The second kappa shape index (κ2) is 7.43. The molecule has 0 atom stereocenters. The maximum atomic E-state index is 13.7. The number of rotatable bonds is 3. The first kappa shape index (κ1) is 19.5. The van der Waals surface area contributed by atoms with E-state index in [1.807, 2.05) is 65.2 Å². The lowest BCUT2D eigenvalue weighted by atomic mass is 10.3. The number of ether oxygens (including phenoxy) is 1. The SMILES string of the molecule is COc1ccc(-n2c3nc4ccccc4nc3c3c(=O)n(-c4ccccc4)cnc32)cc1Cl. The molecule has 0 spiro atoms. The van der Waals surface area contributed by atoms with E-state index in [1.54, 1.807) is 19.2 Å². The Kier molecular flexibility index (Phi) is 4.38. The number of aromatic nitrogens is 5. The zero-order valence-electron chi connectivity index (χ0n) is 17.4. The molecule has 0 saturated heterocycles. The van der Waals surface area contributed by atoms with Crippen LogP contribution in [-0.2, 0) is 0 Å². The zero-order chi connectivity index (χ0) is 22.5. The molecule has 0 bridgehead atoms. The van der Waals surface area contributed by atoms with E-state index in [0.717, 1.165) is 11.2 Å². The summed E-state index contributed by atoms with van der Waals surface area (Å²) in [6.45, 7) is 0. The number of methoxy groups -OCH3 is 1. The van der Waals surface area contributed by atoms with Crippen LogP contribution in [-0.4, -0.2) is 31.2 Å². The van der Waals surface area contributed by atoms with E-state index in [9.17, 15) is 4.79 Å². The monoisotopic (exact) mass is 453 g/mol. The summed E-state index contributed by atoms with van der Waals surface area (Å²) in [5.41, 5.74) is 4.09. The van der Waals surface area contributed by atoms with Crippen molar-refractivity contribution in [3.63, 3.8) is 0 Å². The molecule has 3 aromatic carbocycles. The first-order valence-corrected chi connectivity index (χ1v) is 10.6. The normalized spacial score (nSPS) is 11.5. The molecule has 6 aromatic rings. The molecule has 0 fully saturated rings. The van der Waals surface area contributed by atoms with Gasteiger partial charge in [-0.1, -0.05) is 41.9 Å². The van der Waals surface area contributed by atoms with E-state index in [-0.39, 0.29) is 5.56 Å². The average molecular weight is 454 g/mol. The third-order valence-electron chi connectivity index (χ3n) is 5.59. The fourth-order valence-electron chi connectivity index (χ4n) is 4.05. The van der Waals surface area contributed by atoms with Crippen molar-refractivity contribution in [1.29, 1.82) is 0 Å². The second-order valence-corrected chi connectivity index (χ2v) is 7.90. The van der Waals surface area contributed by atoms with Crippen LogP contribution in [0.2, 0.25) is 5.02 Å². The Labute approximate surface area is 192 Å². The van der Waals surface area contributed by atoms with Gasteiger partial charge in [0, 0.05) is 0 Å². The molecule has 7 nitrogen and oxygen atoms in total. The largest absolute Gasteiger partial charge is 0.495 e. The highest BCUT2D eigenvalue weighted by atomic mass is 35.5. The van der Waals surface area contributed by atoms with E-state index in [1.165, 1.54) is 10.9 Å². The van der Waals surface area contributed by atoms with Gasteiger partial charge in [-0.15, -0.1) is 0 Å². The van der Waals surface area contributed by atoms with Gasteiger partial charge in [0.05, 0.1) is 34.5 Å². The summed E-state index contributed by atoms with van der Waals surface area (Å²) in [5.74, 6) is 0.553. The highest BCUT2D eigenvalue weighted by Gasteiger charge is 2.21. The summed E-state index contributed by atoms with van der Waals surface area (Å²) in [7, 11) is 1.56. The fourth-order valence-corrected chi connectivity index (χ4v) is 4.30. The lowest BCUT2D eigenvalue weighted by Crippen LogP contribution is -2.18. The fraction of sp³-hybridized carbons (Fsp3) is 0.0400. The number of fused-ring (bicyclic) bond motifs is 4. The topological polar surface area (TPSA) is 74.8 Å². The molecular formula is C25H16ClN5O2. The lowest BCUT2D eigenvalue weighted by molar-refractivity contribution is 0.415. The predicted molar refractivity (Wildman–Crippen MR) is 129 cm³/mol. The van der Waals surface area contributed by atoms with Gasteiger partial charge in [0.25, 0.3) is 5.56 Å². The lowest BCUT2D eigenvalue weighted by Gasteiger charge is -2.10. The number of benzene rings is 3. The zero-order valence-corrected chi connectivity index (χ0v) is 18.2. The minimum absolute atomic E-state index is 0.223. The van der Waals surface area contributed by atoms with E-state index >= 15 is 0 Å². The third kappa shape index (κ3) is 2.97. The molecule has 6 rings (SSSR count). The molecule has 0 aliphatic rings. The number of halogens is 1. The van der Waals surface area contributed by atoms with Crippen molar-refractivity contribution >= 4 is 44.8 Å². The standard InChI is InChI=1S/C25H16ClN5O2/c1-33-20-12-11-16(13-17(20)26)31-23-21(22-24(31)29-19-10-6-5-9-18(19)28-22)25(32)30(14-27-23)15-7-3-2-4-8-15/h2-14H,1H3. The number of hydrogen-bond donors (Lipinski definition) is 0. The van der Waals surface area contributed by atoms with Gasteiger partial charge in [-0.2, -0.15) is 0 Å². The van der Waals surface area contributed by atoms with Crippen molar-refractivity contribution in [3.8, 4) is 17.1 Å². The highest BCUT2D eigenvalue weighted by molar-refractivity contribution is 6.32. The Bertz CT molecular complexity index is 1740. The first-order chi connectivity index (χ1) is 16.2. The Morgan fingerprint density at radius 2 is 1.58 bits per heavy atom. The summed E-state index contributed by atoms with van der Waals surface area (Å²) in [6.07, 6.45) is 1.53. The van der Waals surface area contributed by atoms with Crippen LogP contribution in [0.1, 0.15) is 0 Å². The Balaban J connectivity index is 1.77. The molecule has 160 valence electrons. The molecule has 0 radical (unpaired) electrons. The van der Waals surface area contributed by atoms with Crippen molar-refractivity contribution in [2.75, 3.05) is 7.11 Å². The van der Waals surface area contributed by atoms with Crippen molar-refractivity contribution < 1.29 is 4.74 Å². The van der Waals surface area contributed by atoms with Gasteiger partial charge in [-0.05, 0) is 42.5 Å². The molecule has 33 heavy (non-hydrogen) atoms. The average Bonchev–Trinajstić information content (AvgIpc) is 3.17. The summed E-state index contributed by atoms with van der Waals surface area (Å²) in [4.78, 5) is 28.0.